The Bertz CT molecular complexity index is 290. The number of nitrogens with one attached hydrogen (secondary N) is 1. The number of carboxylic acid groups (broad SMARTS) is 1. The number of piperidine rings is 1. The molecule has 6 heteroatoms. The molecule has 1 fully saturated rings. The second-order valence-electron chi connectivity index (χ2n) is 4.88. The number of likely N-dealkylation sites (tertiary alicyclic amines) is 1. The van der Waals surface area contributed by atoms with Crippen molar-refractivity contribution in [2.24, 2.45) is 0 Å². The normalized spacial score (nSPS) is 17.9. The van der Waals surface area contributed by atoms with Crippen LogP contribution in [-0.2, 0) is 14.3 Å². The first-order chi connectivity index (χ1) is 9.13. The Balaban J connectivity index is 2.16. The number of carbonyl (C=O) groups excluding carboxylic acids is 1. The average molecular weight is 272 g/mol. The van der Waals surface area contributed by atoms with Crippen LogP contribution in [0.15, 0.2) is 0 Å². The van der Waals surface area contributed by atoms with Gasteiger partial charge in [0.25, 0.3) is 0 Å². The number of ether oxygens (including phenoxy) is 1. The van der Waals surface area contributed by atoms with Crippen molar-refractivity contribution >= 4 is 11.9 Å². The van der Waals surface area contributed by atoms with Crippen molar-refractivity contribution in [3.63, 3.8) is 0 Å². The van der Waals surface area contributed by atoms with Crippen LogP contribution in [0.5, 0.6) is 0 Å². The molecule has 0 aromatic carbocycles. The molecular formula is C13H24N2O4. The fourth-order valence-corrected chi connectivity index (χ4v) is 2.26. The predicted molar refractivity (Wildman–Crippen MR) is 71.0 cm³/mol. The molecule has 0 aromatic rings. The van der Waals surface area contributed by atoms with Gasteiger partial charge in [-0.2, -0.15) is 0 Å². The minimum Gasteiger partial charge on any atom is -0.480 e. The Morgan fingerprint density at radius 3 is 2.58 bits per heavy atom. The van der Waals surface area contributed by atoms with Gasteiger partial charge in [0.15, 0.2) is 0 Å². The first kappa shape index (κ1) is 15.9. The van der Waals surface area contributed by atoms with Crippen LogP contribution in [0.2, 0.25) is 0 Å². The van der Waals surface area contributed by atoms with Crippen LogP contribution in [0.25, 0.3) is 0 Å². The molecule has 1 atom stereocenters. The van der Waals surface area contributed by atoms with Crippen molar-refractivity contribution in [2.75, 3.05) is 33.3 Å². The van der Waals surface area contributed by atoms with Crippen LogP contribution in [-0.4, -0.2) is 61.3 Å². The van der Waals surface area contributed by atoms with E-state index in [1.807, 2.05) is 0 Å². The molecule has 0 spiro atoms. The summed E-state index contributed by atoms with van der Waals surface area (Å²) in [6.07, 6.45) is 4.59. The molecule has 1 saturated heterocycles. The Labute approximate surface area is 114 Å². The van der Waals surface area contributed by atoms with Crippen molar-refractivity contribution in [3.8, 4) is 0 Å². The van der Waals surface area contributed by atoms with Gasteiger partial charge in [0, 0.05) is 0 Å². The molecule has 0 aliphatic carbocycles. The van der Waals surface area contributed by atoms with Gasteiger partial charge in [0.2, 0.25) is 0 Å². The number of nitrogens with zero attached hydrogens (tertiary/aromatic N) is 1. The summed E-state index contributed by atoms with van der Waals surface area (Å²) in [5.74, 6) is -1.51. The number of carbonyl (C=O) groups is 2. The fourth-order valence-electron chi connectivity index (χ4n) is 2.26. The van der Waals surface area contributed by atoms with Crippen LogP contribution in [0, 0.1) is 0 Å². The largest absolute Gasteiger partial charge is 0.480 e. The summed E-state index contributed by atoms with van der Waals surface area (Å²) in [7, 11) is 1.26. The zero-order valence-electron chi connectivity index (χ0n) is 11.6. The van der Waals surface area contributed by atoms with Crippen LogP contribution < -0.4 is 5.32 Å². The van der Waals surface area contributed by atoms with Crippen molar-refractivity contribution in [1.82, 2.24) is 10.2 Å². The van der Waals surface area contributed by atoms with Crippen LogP contribution in [0.1, 0.15) is 32.1 Å². The molecule has 0 aromatic heterocycles. The summed E-state index contributed by atoms with van der Waals surface area (Å²) in [5, 5.41) is 11.9. The van der Waals surface area contributed by atoms with E-state index in [-0.39, 0.29) is 6.42 Å². The van der Waals surface area contributed by atoms with Crippen LogP contribution in [0.4, 0.5) is 0 Å². The number of hydrogen-bond donors (Lipinski definition) is 2. The first-order valence-electron chi connectivity index (χ1n) is 6.89. The number of esters is 1. The second kappa shape index (κ2) is 8.87. The third-order valence-corrected chi connectivity index (χ3v) is 3.39. The fraction of sp³-hybridized carbons (Fsp3) is 0.846. The monoisotopic (exact) mass is 272 g/mol. The zero-order chi connectivity index (χ0) is 14.1. The molecule has 0 unspecified atom stereocenters. The van der Waals surface area contributed by atoms with E-state index in [9.17, 15) is 9.59 Å². The summed E-state index contributed by atoms with van der Waals surface area (Å²) >= 11 is 0. The first-order valence-corrected chi connectivity index (χ1v) is 6.89. The topological polar surface area (TPSA) is 78.9 Å². The number of rotatable bonds is 8. The van der Waals surface area contributed by atoms with Gasteiger partial charge in [-0.25, -0.2) is 0 Å². The third kappa shape index (κ3) is 6.54. The molecule has 1 aliphatic heterocycles. The van der Waals surface area contributed by atoms with Crippen molar-refractivity contribution < 1.29 is 19.4 Å². The van der Waals surface area contributed by atoms with Crippen LogP contribution in [0.3, 0.4) is 0 Å². The molecular weight excluding hydrogens is 248 g/mol. The van der Waals surface area contributed by atoms with Gasteiger partial charge >= 0.3 is 11.9 Å². The predicted octanol–water partition coefficient (Wildman–Crippen LogP) is 0.468. The molecule has 0 radical (unpaired) electrons. The Morgan fingerprint density at radius 2 is 2.00 bits per heavy atom. The highest BCUT2D eigenvalue weighted by atomic mass is 16.5. The standard InChI is InChI=1S/C13H24N2O4/c1-19-12(16)10-11(13(17)18)14-6-5-9-15-7-3-2-4-8-15/h11,14H,2-10H2,1H3,(H,17,18)/t11-/m0/s1. The quantitative estimate of drug-likeness (QED) is 0.494. The summed E-state index contributed by atoms with van der Waals surface area (Å²) in [4.78, 5) is 24.4. The SMILES string of the molecule is COC(=O)C[C@H](NCCCN1CCCCC1)C(=O)O. The molecule has 110 valence electrons. The van der Waals surface area contributed by atoms with E-state index in [0.717, 1.165) is 26.1 Å². The average Bonchev–Trinajstić information content (AvgIpc) is 2.42. The minimum atomic E-state index is -1.01. The maximum atomic E-state index is 11.1. The lowest BCUT2D eigenvalue weighted by atomic mass is 10.1. The van der Waals surface area contributed by atoms with Crippen molar-refractivity contribution in [1.29, 1.82) is 0 Å². The molecule has 0 amide bonds. The lowest BCUT2D eigenvalue weighted by molar-refractivity contribution is -0.147. The van der Waals surface area contributed by atoms with Gasteiger partial charge in [-0.05, 0) is 45.4 Å². The van der Waals surface area contributed by atoms with E-state index in [1.165, 1.54) is 26.4 Å². The summed E-state index contributed by atoms with van der Waals surface area (Å²) < 4.78 is 4.48. The third-order valence-electron chi connectivity index (χ3n) is 3.39. The van der Waals surface area contributed by atoms with Gasteiger partial charge < -0.3 is 20.1 Å². The summed E-state index contributed by atoms with van der Waals surface area (Å²) in [6.45, 7) is 3.87. The number of carboxylic acids is 1. The second-order valence-corrected chi connectivity index (χ2v) is 4.88. The van der Waals surface area contributed by atoms with E-state index < -0.39 is 18.0 Å². The van der Waals surface area contributed by atoms with Gasteiger partial charge in [0.1, 0.15) is 6.04 Å². The van der Waals surface area contributed by atoms with Gasteiger partial charge in [-0.1, -0.05) is 6.42 Å². The maximum Gasteiger partial charge on any atom is 0.321 e. The Hall–Kier alpha value is -1.14. The number of aliphatic carboxylic acids is 1. The molecule has 0 bridgehead atoms. The van der Waals surface area contributed by atoms with E-state index in [1.54, 1.807) is 0 Å². The number of hydrogen-bond acceptors (Lipinski definition) is 5. The van der Waals surface area contributed by atoms with Gasteiger partial charge in [-0.15, -0.1) is 0 Å². The van der Waals surface area contributed by atoms with E-state index in [2.05, 4.69) is 15.0 Å². The molecule has 1 heterocycles. The highest BCUT2D eigenvalue weighted by Crippen LogP contribution is 2.08. The molecule has 1 aliphatic rings. The van der Waals surface area contributed by atoms with E-state index in [4.69, 9.17) is 5.11 Å². The van der Waals surface area contributed by atoms with Crippen molar-refractivity contribution in [2.45, 2.75) is 38.1 Å². The van der Waals surface area contributed by atoms with E-state index >= 15 is 0 Å². The Kier molecular flexibility index (Phi) is 7.43. The summed E-state index contributed by atoms with van der Waals surface area (Å²) in [5.41, 5.74) is 0. The molecule has 1 rings (SSSR count). The van der Waals surface area contributed by atoms with Gasteiger partial charge in [0.05, 0.1) is 13.5 Å². The maximum absolute atomic E-state index is 11.1. The molecule has 6 nitrogen and oxygen atoms in total. The molecule has 0 saturated carbocycles. The lowest BCUT2D eigenvalue weighted by Gasteiger charge is -2.26. The van der Waals surface area contributed by atoms with Crippen molar-refractivity contribution in [3.05, 3.63) is 0 Å². The Morgan fingerprint density at radius 1 is 1.32 bits per heavy atom. The minimum absolute atomic E-state index is 0.129. The number of methoxy groups -OCH3 is 1. The highest BCUT2D eigenvalue weighted by molar-refractivity contribution is 5.81. The molecule has 19 heavy (non-hydrogen) atoms. The van der Waals surface area contributed by atoms with Crippen LogP contribution >= 0.6 is 0 Å². The lowest BCUT2D eigenvalue weighted by Crippen LogP contribution is -2.40. The smallest absolute Gasteiger partial charge is 0.321 e. The molecule has 2 N–H and O–H groups in total. The highest BCUT2D eigenvalue weighted by Gasteiger charge is 2.20. The summed E-state index contributed by atoms with van der Waals surface area (Å²) in [6, 6.07) is -0.853. The van der Waals surface area contributed by atoms with Gasteiger partial charge in [-0.3, -0.25) is 9.59 Å². The zero-order valence-corrected chi connectivity index (χ0v) is 11.6. The van der Waals surface area contributed by atoms with E-state index in [0.29, 0.717) is 6.54 Å².